The Morgan fingerprint density at radius 2 is 1.35 bits per heavy atom. The van der Waals surface area contributed by atoms with E-state index in [-0.39, 0.29) is 17.4 Å². The summed E-state index contributed by atoms with van der Waals surface area (Å²) in [5.74, 6) is -7.13. The molecule has 3 heterocycles. The van der Waals surface area contributed by atoms with E-state index in [2.05, 4.69) is 19.9 Å². The van der Waals surface area contributed by atoms with Crippen LogP contribution in [0.15, 0.2) is 34.9 Å². The number of aliphatic hydroxyl groups is 11. The monoisotopic (exact) mass is 1130 g/mol. The summed E-state index contributed by atoms with van der Waals surface area (Å²) in [5.41, 5.74) is -3.46. The first kappa shape index (κ1) is 62.0. The van der Waals surface area contributed by atoms with Crippen LogP contribution in [0.1, 0.15) is 108 Å². The third-order valence-electron chi connectivity index (χ3n) is 21.1. The van der Waals surface area contributed by atoms with Crippen LogP contribution >= 0.6 is 0 Å². The summed E-state index contributed by atoms with van der Waals surface area (Å²) in [6, 6.07) is 0. The van der Waals surface area contributed by atoms with Crippen molar-refractivity contribution in [2.75, 3.05) is 26.4 Å². The number of allylic oxidation sites excluding steroid dienone is 3. The average molecular weight is 1130 g/mol. The van der Waals surface area contributed by atoms with Gasteiger partial charge in [-0.1, -0.05) is 65.3 Å². The Kier molecular flexibility index (Phi) is 17.7. The van der Waals surface area contributed by atoms with Gasteiger partial charge in [-0.2, -0.15) is 0 Å². The van der Waals surface area contributed by atoms with Gasteiger partial charge in [-0.25, -0.2) is 14.4 Å². The van der Waals surface area contributed by atoms with E-state index in [1.54, 1.807) is 39.8 Å². The van der Waals surface area contributed by atoms with Crippen LogP contribution < -0.4 is 0 Å². The summed E-state index contributed by atoms with van der Waals surface area (Å²) in [7, 11) is 0. The van der Waals surface area contributed by atoms with Crippen LogP contribution in [0.5, 0.6) is 0 Å². The van der Waals surface area contributed by atoms with Crippen molar-refractivity contribution in [2.45, 2.75) is 218 Å². The van der Waals surface area contributed by atoms with Crippen molar-refractivity contribution >= 4 is 17.9 Å². The van der Waals surface area contributed by atoms with Gasteiger partial charge in [-0.3, -0.25) is 0 Å². The second-order valence-corrected chi connectivity index (χ2v) is 25.2. The molecule has 10 unspecified atom stereocenters. The van der Waals surface area contributed by atoms with Crippen molar-refractivity contribution in [3.8, 4) is 0 Å². The van der Waals surface area contributed by atoms with Gasteiger partial charge in [0, 0.05) is 16.6 Å². The summed E-state index contributed by atoms with van der Waals surface area (Å²) < 4.78 is 48.5. The van der Waals surface area contributed by atoms with E-state index in [1.165, 1.54) is 0 Å². The molecule has 79 heavy (non-hydrogen) atoms. The second kappa shape index (κ2) is 22.5. The van der Waals surface area contributed by atoms with Crippen LogP contribution in [0.4, 0.5) is 0 Å². The van der Waals surface area contributed by atoms with E-state index in [4.69, 9.17) is 37.9 Å². The lowest BCUT2D eigenvalue weighted by molar-refractivity contribution is -0.396. The summed E-state index contributed by atoms with van der Waals surface area (Å²) in [5, 5.41) is 135. The minimum atomic E-state index is -2.69. The molecule has 5 aliphatic carbocycles. The third-order valence-corrected chi connectivity index (χ3v) is 21.1. The van der Waals surface area contributed by atoms with Gasteiger partial charge in [0.05, 0.1) is 43.5 Å². The molecule has 0 aromatic heterocycles. The Bertz CT molecular complexity index is 2360. The maximum atomic E-state index is 13.7. The lowest BCUT2D eigenvalue weighted by Crippen LogP contribution is -2.75. The molecular weight excluding hydrogens is 1040 g/mol. The van der Waals surface area contributed by atoms with Crippen LogP contribution in [-0.2, 0) is 52.3 Å². The molecule has 0 aromatic carbocycles. The van der Waals surface area contributed by atoms with E-state index in [1.807, 2.05) is 27.7 Å². The van der Waals surface area contributed by atoms with Gasteiger partial charge in [-0.15, -0.1) is 0 Å². The number of aliphatic carboxylic acids is 1. The molecule has 0 bridgehead atoms. The van der Waals surface area contributed by atoms with Crippen molar-refractivity contribution in [3.63, 3.8) is 0 Å². The highest BCUT2D eigenvalue weighted by atomic mass is 16.8. The Hall–Kier alpha value is -3.05. The highest BCUT2D eigenvalue weighted by Crippen LogP contribution is 2.76. The predicted molar refractivity (Wildman–Crippen MR) is 272 cm³/mol. The number of carboxylic acid groups (broad SMARTS) is 1. The van der Waals surface area contributed by atoms with Gasteiger partial charge in [0.2, 0.25) is 5.79 Å². The smallest absolute Gasteiger partial charge is 0.335 e. The van der Waals surface area contributed by atoms with Gasteiger partial charge in [-0.05, 0) is 106 Å². The number of fused-ring (bicyclic) bond motifs is 7. The van der Waals surface area contributed by atoms with Crippen LogP contribution in [0.2, 0.25) is 0 Å². The fourth-order valence-electron chi connectivity index (χ4n) is 16.1. The molecule has 8 rings (SSSR count). The second-order valence-electron chi connectivity index (χ2n) is 25.2. The number of hydrogen-bond acceptors (Lipinski definition) is 22. The lowest BCUT2D eigenvalue weighted by atomic mass is 9.32. The van der Waals surface area contributed by atoms with Crippen molar-refractivity contribution < 1.29 is 114 Å². The van der Waals surface area contributed by atoms with Crippen molar-refractivity contribution in [3.05, 3.63) is 34.9 Å². The molecule has 12 N–H and O–H groups in total. The maximum absolute atomic E-state index is 13.7. The van der Waals surface area contributed by atoms with Crippen LogP contribution in [0.3, 0.4) is 0 Å². The van der Waals surface area contributed by atoms with Crippen LogP contribution in [0, 0.1) is 50.7 Å². The standard InChI is InChI=1S/C56H86O23/c1-11-24(3)47(69)75-38-26(5)19-28-27-13-14-32-52(8)17-16-33(51(6,7)31(52)15-18-53(32,9)54(27,10)43(65)44(66)55(28,22-59)45(38)78-48(70)25(4)12-2)74-50-41(77-49-36(62)35(61)34(60)29(20-57)73-49)39(37(63)40(76-50)46(67)68)79-56(71)23-72-30(21-58)42(56)64/h11-13,26,28-45,49-50,57-66,71H,14-23H2,1-10H3,(H,67,68)/b24-11-,25-12-/t26-,28?,29?,30+,31?,32?,33+,34+,35?,36?,37+,38-,39?,40?,41?,42?,43+,44-,45+,49+,50-,52+,53-,54+,55+,56-/m1/s1. The Labute approximate surface area is 460 Å². The molecule has 7 fully saturated rings. The number of esters is 2. The first-order valence-corrected chi connectivity index (χ1v) is 27.8. The number of carbonyl (C=O) groups is 3. The minimum absolute atomic E-state index is 0.151. The topological polar surface area (TPSA) is 368 Å². The molecule has 3 aliphatic heterocycles. The van der Waals surface area contributed by atoms with E-state index < -0.39 is 193 Å². The zero-order chi connectivity index (χ0) is 58.4. The van der Waals surface area contributed by atoms with E-state index in [0.717, 1.165) is 5.57 Å². The summed E-state index contributed by atoms with van der Waals surface area (Å²) in [6.45, 7) is 15.7. The van der Waals surface area contributed by atoms with Crippen molar-refractivity contribution in [2.24, 2.45) is 50.7 Å². The van der Waals surface area contributed by atoms with Crippen LogP contribution in [-0.4, -0.2) is 216 Å². The van der Waals surface area contributed by atoms with E-state index in [0.29, 0.717) is 44.1 Å². The molecular formula is C56H86O23. The molecule has 8 aliphatic rings. The quantitative estimate of drug-likeness (QED) is 0.0354. The molecule has 3 saturated heterocycles. The third kappa shape index (κ3) is 9.68. The minimum Gasteiger partial charge on any atom is -0.479 e. The summed E-state index contributed by atoms with van der Waals surface area (Å²) >= 11 is 0. The van der Waals surface area contributed by atoms with E-state index in [9.17, 15) is 75.7 Å². The fourth-order valence-corrected chi connectivity index (χ4v) is 16.1. The van der Waals surface area contributed by atoms with Gasteiger partial charge in [0.1, 0.15) is 67.6 Å². The highest BCUT2D eigenvalue weighted by Gasteiger charge is 2.76. The Morgan fingerprint density at radius 1 is 0.722 bits per heavy atom. The molecule has 26 atom stereocenters. The Balaban J connectivity index is 1.13. The molecule has 23 nitrogen and oxygen atoms in total. The van der Waals surface area contributed by atoms with Gasteiger partial charge >= 0.3 is 17.9 Å². The fraction of sp³-hybridized carbons (Fsp3) is 0.839. The largest absolute Gasteiger partial charge is 0.479 e. The summed E-state index contributed by atoms with van der Waals surface area (Å²) in [4.78, 5) is 40.1. The van der Waals surface area contributed by atoms with Gasteiger partial charge < -0.3 is 99.2 Å². The molecule has 4 saturated carbocycles. The first-order chi connectivity index (χ1) is 36.9. The first-order valence-electron chi connectivity index (χ1n) is 27.8. The number of carbonyl (C=O) groups excluding carboxylic acids is 2. The average Bonchev–Trinajstić information content (AvgIpc) is 2.06. The number of rotatable bonds is 14. The maximum Gasteiger partial charge on any atom is 0.335 e. The normalized spacial score (nSPS) is 49.8. The molecule has 23 heteroatoms. The Morgan fingerprint density at radius 3 is 1.94 bits per heavy atom. The van der Waals surface area contributed by atoms with Crippen molar-refractivity contribution in [1.29, 1.82) is 0 Å². The molecule has 0 radical (unpaired) electrons. The zero-order valence-corrected chi connectivity index (χ0v) is 46.8. The molecule has 0 aromatic rings. The zero-order valence-electron chi connectivity index (χ0n) is 46.8. The van der Waals surface area contributed by atoms with Crippen molar-refractivity contribution in [1.82, 2.24) is 0 Å². The molecule has 0 spiro atoms. The summed E-state index contributed by atoms with van der Waals surface area (Å²) in [6.07, 6.45) is -20.9. The van der Waals surface area contributed by atoms with Crippen LogP contribution in [0.25, 0.3) is 0 Å². The van der Waals surface area contributed by atoms with E-state index >= 15 is 0 Å². The SMILES string of the molecule is C/C=C(/C)C(=O)O[C@@H]1[C@H](C)CC2C3=CCC4[C@@]5(C)CC[C@H](O[C@@H]6OC(C(=O)O)[C@@H](O)C(O[C@]7(O)CO[C@@H](CO)C7O)C6O[C@@H]6OC(CO)[C@H](O)C(O)C6O)C(C)(C)C5CC[C@@]4(C)[C@]3(C)[C@@H](O)[C@@H](O)[C@@]2(CO)[C@H]1OC(=O)/C(C)=C\C. The predicted octanol–water partition coefficient (Wildman–Crippen LogP) is -0.126. The van der Waals surface area contributed by atoms with Gasteiger partial charge in [0.25, 0.3) is 0 Å². The number of hydrogen-bond donors (Lipinski definition) is 12. The number of ether oxygens (including phenoxy) is 8. The van der Waals surface area contributed by atoms with Gasteiger partial charge in [0.15, 0.2) is 24.8 Å². The lowest BCUT2D eigenvalue weighted by Gasteiger charge is -2.73. The highest BCUT2D eigenvalue weighted by molar-refractivity contribution is 5.88. The number of aliphatic hydroxyl groups excluding tert-OH is 10. The molecule has 0 amide bonds. The number of carboxylic acids is 1. The molecule has 448 valence electrons.